The molecule has 114 valence electrons. The van der Waals surface area contributed by atoms with Crippen LogP contribution in [0.2, 0.25) is 0 Å². The topological polar surface area (TPSA) is 24.1 Å². The number of likely N-dealkylation sites (N-methyl/N-ethyl adjacent to an activating group) is 1. The van der Waals surface area contributed by atoms with E-state index in [2.05, 4.69) is 69.5 Å². The van der Waals surface area contributed by atoms with Gasteiger partial charge in [-0.05, 0) is 26.0 Å². The Labute approximate surface area is 144 Å². The van der Waals surface area contributed by atoms with Crippen LogP contribution < -0.4 is 10.6 Å². The number of halogens is 1. The molecule has 0 aliphatic rings. The number of rotatable bonds is 5. The van der Waals surface area contributed by atoms with E-state index in [1.807, 2.05) is 13.1 Å². The van der Waals surface area contributed by atoms with Crippen LogP contribution in [0.5, 0.6) is 0 Å². The van der Waals surface area contributed by atoms with Crippen LogP contribution in [0, 0.1) is 0 Å². The van der Waals surface area contributed by atoms with Crippen molar-refractivity contribution in [1.82, 2.24) is 10.6 Å². The van der Waals surface area contributed by atoms with Gasteiger partial charge in [-0.2, -0.15) is 0 Å². The van der Waals surface area contributed by atoms with Gasteiger partial charge in [0.2, 0.25) is 0 Å². The molecule has 1 aromatic carbocycles. The third kappa shape index (κ3) is 16.1. The predicted octanol–water partition coefficient (Wildman–Crippen LogP) is 3.00. The molecule has 4 heteroatoms. The summed E-state index contributed by atoms with van der Waals surface area (Å²) in [7, 11) is 1.99. The van der Waals surface area contributed by atoms with Crippen molar-refractivity contribution >= 4 is 31.3 Å². The Morgan fingerprint density at radius 2 is 1.35 bits per heavy atom. The van der Waals surface area contributed by atoms with E-state index in [1.165, 1.54) is 5.56 Å². The van der Waals surface area contributed by atoms with Gasteiger partial charge in [0.25, 0.3) is 0 Å². The van der Waals surface area contributed by atoms with E-state index in [4.69, 9.17) is 0 Å². The zero-order valence-corrected chi connectivity index (χ0v) is 14.1. The molecule has 0 amide bonds. The minimum atomic E-state index is 0. The SMILES string of the molecule is CC(C)NC(C)C.CN[C@@H](C)Cc1ccccc1.Cl.[LiH]. The first kappa shape index (κ1) is 25.0. The summed E-state index contributed by atoms with van der Waals surface area (Å²) in [6.45, 7) is 10.8. The average molecular weight is 295 g/mol. The molecule has 0 radical (unpaired) electrons. The molecule has 0 aliphatic carbocycles. The summed E-state index contributed by atoms with van der Waals surface area (Å²) >= 11 is 0. The fourth-order valence-electron chi connectivity index (χ4n) is 1.74. The van der Waals surface area contributed by atoms with Gasteiger partial charge < -0.3 is 10.6 Å². The summed E-state index contributed by atoms with van der Waals surface area (Å²) < 4.78 is 0. The zero-order valence-electron chi connectivity index (χ0n) is 13.2. The van der Waals surface area contributed by atoms with E-state index in [-0.39, 0.29) is 31.3 Å². The summed E-state index contributed by atoms with van der Waals surface area (Å²) in [4.78, 5) is 0. The first-order chi connectivity index (χ1) is 8.45. The molecule has 1 atom stereocenters. The molecule has 2 N–H and O–H groups in total. The second-order valence-electron chi connectivity index (χ2n) is 5.36. The monoisotopic (exact) mass is 294 g/mol. The molecule has 1 rings (SSSR count). The van der Waals surface area contributed by atoms with Crippen molar-refractivity contribution in [1.29, 1.82) is 0 Å². The van der Waals surface area contributed by atoms with Crippen LogP contribution in [0.3, 0.4) is 0 Å². The van der Waals surface area contributed by atoms with E-state index < -0.39 is 0 Å². The summed E-state index contributed by atoms with van der Waals surface area (Å²) in [6.07, 6.45) is 1.11. The first-order valence-corrected chi connectivity index (χ1v) is 6.93. The molecule has 0 aliphatic heterocycles. The van der Waals surface area contributed by atoms with Gasteiger partial charge in [0.05, 0.1) is 0 Å². The Morgan fingerprint density at radius 1 is 0.900 bits per heavy atom. The molecule has 0 saturated heterocycles. The molecule has 0 heterocycles. The normalized spacial score (nSPS) is 11.0. The molecule has 1 aromatic rings. The summed E-state index contributed by atoms with van der Waals surface area (Å²) in [5.74, 6) is 0. The zero-order chi connectivity index (χ0) is 14.0. The number of benzene rings is 1. The first-order valence-electron chi connectivity index (χ1n) is 6.93. The third-order valence-corrected chi connectivity index (χ3v) is 2.54. The standard InChI is InChI=1S/C10H15N.C6H15N.ClH.Li.H/c1-9(11-2)8-10-6-4-3-5-7-10;1-5(2)7-6(3)4;;;/h3-7,9,11H,8H2,1-2H3;5-7H,1-4H3;1H;;/t9-;;;;/m0..../s1. The van der Waals surface area contributed by atoms with Crippen LogP contribution in [0.25, 0.3) is 0 Å². The number of hydrogen-bond acceptors (Lipinski definition) is 2. The maximum atomic E-state index is 3.31. The molecule has 0 spiro atoms. The number of nitrogens with one attached hydrogen (secondary N) is 2. The Hall–Kier alpha value is 0.0274. The fraction of sp³-hybridized carbons (Fsp3) is 0.625. The van der Waals surface area contributed by atoms with Crippen molar-refractivity contribution in [3.8, 4) is 0 Å². The van der Waals surface area contributed by atoms with E-state index in [9.17, 15) is 0 Å². The van der Waals surface area contributed by atoms with Crippen LogP contribution in [0.4, 0.5) is 0 Å². The Bertz CT molecular complexity index is 286. The third-order valence-electron chi connectivity index (χ3n) is 2.54. The molecular formula is C16H32ClLiN2. The van der Waals surface area contributed by atoms with Gasteiger partial charge in [0.15, 0.2) is 0 Å². The Balaban J connectivity index is -0.000000286. The van der Waals surface area contributed by atoms with Crippen molar-refractivity contribution in [2.45, 2.75) is 59.2 Å². The average Bonchev–Trinajstić information content (AvgIpc) is 2.29. The second kappa shape index (κ2) is 15.4. The Morgan fingerprint density at radius 3 is 1.65 bits per heavy atom. The van der Waals surface area contributed by atoms with Crippen molar-refractivity contribution in [2.24, 2.45) is 0 Å². The van der Waals surface area contributed by atoms with Crippen LogP contribution in [-0.2, 0) is 6.42 Å². The van der Waals surface area contributed by atoms with Crippen molar-refractivity contribution in [3.63, 3.8) is 0 Å². The Kier molecular flexibility index (Phi) is 19.3. The van der Waals surface area contributed by atoms with Gasteiger partial charge in [-0.1, -0.05) is 58.0 Å². The maximum absolute atomic E-state index is 3.31. The molecule has 2 nitrogen and oxygen atoms in total. The minimum absolute atomic E-state index is 0. The van der Waals surface area contributed by atoms with E-state index in [0.717, 1.165) is 6.42 Å². The van der Waals surface area contributed by atoms with Gasteiger partial charge in [-0.3, -0.25) is 0 Å². The van der Waals surface area contributed by atoms with Crippen LogP contribution in [-0.4, -0.2) is 44.0 Å². The van der Waals surface area contributed by atoms with Crippen LogP contribution in [0.1, 0.15) is 40.2 Å². The molecule has 0 saturated carbocycles. The van der Waals surface area contributed by atoms with Crippen molar-refractivity contribution in [3.05, 3.63) is 35.9 Å². The van der Waals surface area contributed by atoms with Gasteiger partial charge in [0.1, 0.15) is 0 Å². The van der Waals surface area contributed by atoms with Gasteiger partial charge >= 0.3 is 18.9 Å². The summed E-state index contributed by atoms with van der Waals surface area (Å²) in [5.41, 5.74) is 1.40. The summed E-state index contributed by atoms with van der Waals surface area (Å²) in [6, 6.07) is 12.3. The molecule has 0 bridgehead atoms. The molecular weight excluding hydrogens is 263 g/mol. The molecule has 0 aromatic heterocycles. The molecule has 20 heavy (non-hydrogen) atoms. The quantitative estimate of drug-likeness (QED) is 0.816. The van der Waals surface area contributed by atoms with Gasteiger partial charge in [-0.15, -0.1) is 12.4 Å². The van der Waals surface area contributed by atoms with Gasteiger partial charge in [-0.25, -0.2) is 0 Å². The summed E-state index contributed by atoms with van der Waals surface area (Å²) in [5, 5.41) is 6.52. The molecule has 0 unspecified atom stereocenters. The molecule has 0 fully saturated rings. The van der Waals surface area contributed by atoms with Crippen LogP contribution in [0.15, 0.2) is 30.3 Å². The predicted molar refractivity (Wildman–Crippen MR) is 96.5 cm³/mol. The van der Waals surface area contributed by atoms with Crippen LogP contribution >= 0.6 is 12.4 Å². The van der Waals surface area contributed by atoms with E-state index in [0.29, 0.717) is 18.1 Å². The second-order valence-corrected chi connectivity index (χ2v) is 5.36. The van der Waals surface area contributed by atoms with E-state index >= 15 is 0 Å². The van der Waals surface area contributed by atoms with Crippen molar-refractivity contribution < 1.29 is 0 Å². The van der Waals surface area contributed by atoms with Gasteiger partial charge in [0, 0.05) is 18.1 Å². The van der Waals surface area contributed by atoms with E-state index in [1.54, 1.807) is 0 Å². The fourth-order valence-corrected chi connectivity index (χ4v) is 1.74. The number of hydrogen-bond donors (Lipinski definition) is 2. The van der Waals surface area contributed by atoms with Crippen molar-refractivity contribution in [2.75, 3.05) is 7.05 Å².